The number of rotatable bonds is 2. The number of hydrogen-bond acceptors (Lipinski definition) is 3. The average molecular weight is 242 g/mol. The van der Waals surface area contributed by atoms with Gasteiger partial charge in [0, 0.05) is 22.5 Å². The number of aliphatic hydroxyl groups excluding tert-OH is 1. The first kappa shape index (κ1) is 13.8. The van der Waals surface area contributed by atoms with Crippen LogP contribution in [0.2, 0.25) is 0 Å². The Bertz CT molecular complexity index is 466. The standard InChI is InChI=1S/C12H12N2.C3H6O/c13-11-7-3-1-5-9(11)10-6-2-4-8-12(10)14;1-2-3-4/h1-8H,13-14H2;2,4H,1,3H2. The fourth-order valence-corrected chi connectivity index (χ4v) is 1.48. The van der Waals surface area contributed by atoms with Gasteiger partial charge in [-0.3, -0.25) is 0 Å². The van der Waals surface area contributed by atoms with Crippen molar-refractivity contribution in [1.82, 2.24) is 0 Å². The molecule has 0 fully saturated rings. The van der Waals surface area contributed by atoms with Crippen LogP contribution in [0.4, 0.5) is 11.4 Å². The van der Waals surface area contributed by atoms with Gasteiger partial charge in [0.05, 0.1) is 6.61 Å². The van der Waals surface area contributed by atoms with E-state index in [1.54, 1.807) is 0 Å². The Morgan fingerprint density at radius 1 is 0.889 bits per heavy atom. The molecular weight excluding hydrogens is 224 g/mol. The van der Waals surface area contributed by atoms with E-state index in [0.717, 1.165) is 22.5 Å². The zero-order valence-corrected chi connectivity index (χ0v) is 10.2. The van der Waals surface area contributed by atoms with Crippen molar-refractivity contribution in [3.63, 3.8) is 0 Å². The van der Waals surface area contributed by atoms with Crippen LogP contribution in [-0.4, -0.2) is 11.7 Å². The summed E-state index contributed by atoms with van der Waals surface area (Å²) in [6, 6.07) is 15.4. The largest absolute Gasteiger partial charge is 0.398 e. The quantitative estimate of drug-likeness (QED) is 0.560. The first-order valence-electron chi connectivity index (χ1n) is 5.61. The number of aliphatic hydroxyl groups is 1. The minimum atomic E-state index is 0.0833. The predicted octanol–water partition coefficient (Wildman–Crippen LogP) is 2.68. The van der Waals surface area contributed by atoms with Crippen LogP contribution < -0.4 is 11.5 Å². The zero-order chi connectivity index (χ0) is 13.4. The van der Waals surface area contributed by atoms with E-state index in [1.165, 1.54) is 6.08 Å². The summed E-state index contributed by atoms with van der Waals surface area (Å²) in [5.41, 5.74) is 15.2. The number of benzene rings is 2. The summed E-state index contributed by atoms with van der Waals surface area (Å²) in [4.78, 5) is 0. The van der Waals surface area contributed by atoms with E-state index in [4.69, 9.17) is 16.6 Å². The molecule has 0 saturated heterocycles. The molecular formula is C15H18N2O. The summed E-state index contributed by atoms with van der Waals surface area (Å²) in [6.07, 6.45) is 1.43. The monoisotopic (exact) mass is 242 g/mol. The van der Waals surface area contributed by atoms with E-state index in [-0.39, 0.29) is 6.61 Å². The highest BCUT2D eigenvalue weighted by atomic mass is 16.2. The van der Waals surface area contributed by atoms with Gasteiger partial charge in [-0.1, -0.05) is 42.5 Å². The van der Waals surface area contributed by atoms with Gasteiger partial charge in [0.1, 0.15) is 0 Å². The molecule has 0 aliphatic carbocycles. The Morgan fingerprint density at radius 3 is 1.50 bits per heavy atom. The van der Waals surface area contributed by atoms with Gasteiger partial charge in [-0.25, -0.2) is 0 Å². The summed E-state index contributed by atoms with van der Waals surface area (Å²) in [5.74, 6) is 0. The van der Waals surface area contributed by atoms with Crippen LogP contribution in [0.25, 0.3) is 11.1 Å². The van der Waals surface area contributed by atoms with Gasteiger partial charge >= 0.3 is 0 Å². The molecule has 0 amide bonds. The van der Waals surface area contributed by atoms with E-state index in [1.807, 2.05) is 48.5 Å². The molecule has 0 unspecified atom stereocenters. The molecule has 0 atom stereocenters. The molecule has 3 nitrogen and oxygen atoms in total. The van der Waals surface area contributed by atoms with Crippen LogP contribution in [-0.2, 0) is 0 Å². The van der Waals surface area contributed by atoms with Crippen molar-refractivity contribution >= 4 is 11.4 Å². The van der Waals surface area contributed by atoms with Crippen molar-refractivity contribution in [2.45, 2.75) is 0 Å². The molecule has 2 aromatic rings. The third-order valence-electron chi connectivity index (χ3n) is 2.34. The maximum atomic E-state index is 7.76. The average Bonchev–Trinajstić information content (AvgIpc) is 2.41. The van der Waals surface area contributed by atoms with Crippen molar-refractivity contribution in [1.29, 1.82) is 0 Å². The lowest BCUT2D eigenvalue weighted by Gasteiger charge is -2.07. The van der Waals surface area contributed by atoms with Gasteiger partial charge in [-0.15, -0.1) is 6.58 Å². The van der Waals surface area contributed by atoms with Gasteiger partial charge in [-0.2, -0.15) is 0 Å². The molecule has 3 heteroatoms. The molecule has 5 N–H and O–H groups in total. The second-order valence-electron chi connectivity index (χ2n) is 3.65. The van der Waals surface area contributed by atoms with Gasteiger partial charge in [0.25, 0.3) is 0 Å². The molecule has 2 aromatic carbocycles. The van der Waals surface area contributed by atoms with Gasteiger partial charge < -0.3 is 16.6 Å². The van der Waals surface area contributed by atoms with Crippen molar-refractivity contribution in [3.05, 3.63) is 61.2 Å². The summed E-state index contributed by atoms with van der Waals surface area (Å²) >= 11 is 0. The molecule has 0 aliphatic heterocycles. The molecule has 0 saturated carbocycles. The van der Waals surface area contributed by atoms with Crippen LogP contribution in [0.15, 0.2) is 61.2 Å². The molecule has 2 rings (SSSR count). The molecule has 18 heavy (non-hydrogen) atoms. The van der Waals surface area contributed by atoms with E-state index < -0.39 is 0 Å². The lowest BCUT2D eigenvalue weighted by molar-refractivity contribution is 0.343. The van der Waals surface area contributed by atoms with Gasteiger partial charge in [0.15, 0.2) is 0 Å². The van der Waals surface area contributed by atoms with Crippen molar-refractivity contribution < 1.29 is 5.11 Å². The third kappa shape index (κ3) is 3.64. The Kier molecular flexibility index (Phi) is 5.48. The van der Waals surface area contributed by atoms with E-state index >= 15 is 0 Å². The molecule has 94 valence electrons. The smallest absolute Gasteiger partial charge is 0.0609 e. The number of nitrogens with two attached hydrogens (primary N) is 2. The van der Waals surface area contributed by atoms with Gasteiger partial charge in [-0.05, 0) is 12.1 Å². The SMILES string of the molecule is C=CCO.Nc1ccccc1-c1ccccc1N. The fraction of sp³-hybridized carbons (Fsp3) is 0.0667. The van der Waals surface area contributed by atoms with E-state index in [9.17, 15) is 0 Å². The predicted molar refractivity (Wildman–Crippen MR) is 78.0 cm³/mol. The van der Waals surface area contributed by atoms with Gasteiger partial charge in [0.2, 0.25) is 0 Å². The Balaban J connectivity index is 0.000000357. The lowest BCUT2D eigenvalue weighted by Crippen LogP contribution is -1.93. The number of nitrogen functional groups attached to an aromatic ring is 2. The molecule has 0 radical (unpaired) electrons. The molecule has 0 aromatic heterocycles. The number of hydrogen-bond donors (Lipinski definition) is 3. The number of para-hydroxylation sites is 2. The van der Waals surface area contributed by atoms with E-state index in [2.05, 4.69) is 6.58 Å². The molecule has 0 spiro atoms. The normalized spacial score (nSPS) is 9.17. The Morgan fingerprint density at radius 2 is 1.22 bits per heavy atom. The highest BCUT2D eigenvalue weighted by Crippen LogP contribution is 2.29. The summed E-state index contributed by atoms with van der Waals surface area (Å²) in [6.45, 7) is 3.31. The van der Waals surface area contributed by atoms with Crippen LogP contribution in [0.1, 0.15) is 0 Å². The maximum absolute atomic E-state index is 7.76. The Labute approximate surface area is 107 Å². The molecule has 0 aliphatic rings. The minimum absolute atomic E-state index is 0.0833. The van der Waals surface area contributed by atoms with Crippen LogP contribution >= 0.6 is 0 Å². The van der Waals surface area contributed by atoms with Crippen molar-refractivity contribution in [2.24, 2.45) is 0 Å². The highest BCUT2D eigenvalue weighted by Gasteiger charge is 2.03. The van der Waals surface area contributed by atoms with Crippen molar-refractivity contribution in [3.8, 4) is 11.1 Å². The second kappa shape index (κ2) is 7.14. The summed E-state index contributed by atoms with van der Waals surface area (Å²) < 4.78 is 0. The Hall–Kier alpha value is -2.26. The third-order valence-corrected chi connectivity index (χ3v) is 2.34. The lowest BCUT2D eigenvalue weighted by atomic mass is 10.0. The molecule has 0 heterocycles. The topological polar surface area (TPSA) is 72.3 Å². The fourth-order valence-electron chi connectivity index (χ4n) is 1.48. The first-order chi connectivity index (χ1) is 8.70. The van der Waals surface area contributed by atoms with E-state index in [0.29, 0.717) is 0 Å². The van der Waals surface area contributed by atoms with Crippen LogP contribution in [0.3, 0.4) is 0 Å². The van der Waals surface area contributed by atoms with Crippen LogP contribution in [0, 0.1) is 0 Å². The zero-order valence-electron chi connectivity index (χ0n) is 10.2. The minimum Gasteiger partial charge on any atom is -0.398 e. The van der Waals surface area contributed by atoms with Crippen molar-refractivity contribution in [2.75, 3.05) is 18.1 Å². The number of anilines is 2. The maximum Gasteiger partial charge on any atom is 0.0609 e. The summed E-state index contributed by atoms with van der Waals surface area (Å²) in [7, 11) is 0. The first-order valence-corrected chi connectivity index (χ1v) is 5.61. The van der Waals surface area contributed by atoms with Crippen LogP contribution in [0.5, 0.6) is 0 Å². The second-order valence-corrected chi connectivity index (χ2v) is 3.65. The summed E-state index contributed by atoms with van der Waals surface area (Å²) in [5, 5.41) is 7.76. The highest BCUT2D eigenvalue weighted by molar-refractivity contribution is 5.83. The molecule has 0 bridgehead atoms.